The first-order valence-corrected chi connectivity index (χ1v) is 6.17. The van der Waals surface area contributed by atoms with Gasteiger partial charge in [-0.25, -0.2) is 9.78 Å². The highest BCUT2D eigenvalue weighted by molar-refractivity contribution is 5.94. The zero-order valence-electron chi connectivity index (χ0n) is 10.7. The van der Waals surface area contributed by atoms with Crippen molar-refractivity contribution in [1.29, 1.82) is 0 Å². The number of piperidine rings is 1. The molecule has 1 aromatic heterocycles. The zero-order chi connectivity index (χ0) is 14.0. The number of hydrogen-bond acceptors (Lipinski definition) is 4. The number of carbonyl (C=O) groups excluding carboxylic acids is 1. The predicted octanol–water partition coefficient (Wildman–Crippen LogP) is 0.685. The molecular formula is C13H16N2O4. The van der Waals surface area contributed by atoms with Crippen molar-refractivity contribution in [3.8, 4) is 0 Å². The molecule has 1 aliphatic rings. The third kappa shape index (κ3) is 2.90. The van der Waals surface area contributed by atoms with E-state index in [0.29, 0.717) is 31.6 Å². The van der Waals surface area contributed by atoms with Gasteiger partial charge in [0.15, 0.2) is 0 Å². The lowest BCUT2D eigenvalue weighted by Crippen LogP contribution is -2.40. The van der Waals surface area contributed by atoms with Crippen molar-refractivity contribution in [3.63, 3.8) is 0 Å². The molecule has 0 aromatic carbocycles. The Bertz CT molecular complexity index is 507. The van der Waals surface area contributed by atoms with Gasteiger partial charge >= 0.3 is 5.97 Å². The number of pyridine rings is 1. The van der Waals surface area contributed by atoms with Gasteiger partial charge in [-0.05, 0) is 31.9 Å². The highest BCUT2D eigenvalue weighted by Crippen LogP contribution is 2.14. The van der Waals surface area contributed by atoms with Gasteiger partial charge in [-0.2, -0.15) is 0 Å². The lowest BCUT2D eigenvalue weighted by atomic mass is 10.1. The van der Waals surface area contributed by atoms with Crippen molar-refractivity contribution in [3.05, 3.63) is 29.1 Å². The van der Waals surface area contributed by atoms with E-state index in [1.807, 2.05) is 0 Å². The van der Waals surface area contributed by atoms with Crippen LogP contribution in [-0.2, 0) is 0 Å². The maximum Gasteiger partial charge on any atom is 0.337 e. The van der Waals surface area contributed by atoms with Gasteiger partial charge in [-0.1, -0.05) is 0 Å². The Morgan fingerprint density at radius 2 is 1.95 bits per heavy atom. The largest absolute Gasteiger partial charge is 0.478 e. The predicted molar refractivity (Wildman–Crippen MR) is 67.1 cm³/mol. The number of aryl methyl sites for hydroxylation is 1. The summed E-state index contributed by atoms with van der Waals surface area (Å²) in [4.78, 5) is 28.7. The molecule has 2 heterocycles. The average Bonchev–Trinajstić information content (AvgIpc) is 2.38. The van der Waals surface area contributed by atoms with E-state index in [-0.39, 0.29) is 23.3 Å². The van der Waals surface area contributed by atoms with Crippen LogP contribution in [0.15, 0.2) is 12.1 Å². The quantitative estimate of drug-likeness (QED) is 0.820. The Balaban J connectivity index is 2.16. The van der Waals surface area contributed by atoms with Gasteiger partial charge in [-0.15, -0.1) is 0 Å². The standard InChI is InChI=1S/C13H16N2O4/c1-8-10(13(18)19)2-3-11(14-8)12(17)15-6-4-9(16)5-7-15/h2-3,9,16H,4-7H2,1H3,(H,18,19). The highest BCUT2D eigenvalue weighted by atomic mass is 16.4. The number of aliphatic hydroxyl groups excluding tert-OH is 1. The molecule has 0 aliphatic carbocycles. The van der Waals surface area contributed by atoms with Crippen molar-refractivity contribution >= 4 is 11.9 Å². The fraction of sp³-hybridized carbons (Fsp3) is 0.462. The van der Waals surface area contributed by atoms with Crippen LogP contribution in [-0.4, -0.2) is 51.2 Å². The van der Waals surface area contributed by atoms with Gasteiger partial charge in [0.25, 0.3) is 5.91 Å². The van der Waals surface area contributed by atoms with E-state index in [4.69, 9.17) is 5.11 Å². The Kier molecular flexibility index (Phi) is 3.80. The number of likely N-dealkylation sites (tertiary alicyclic amines) is 1. The maximum absolute atomic E-state index is 12.2. The van der Waals surface area contributed by atoms with Gasteiger partial charge in [-0.3, -0.25) is 4.79 Å². The van der Waals surface area contributed by atoms with E-state index in [0.717, 1.165) is 0 Å². The van der Waals surface area contributed by atoms with E-state index >= 15 is 0 Å². The summed E-state index contributed by atoms with van der Waals surface area (Å²) in [7, 11) is 0. The second-order valence-electron chi connectivity index (χ2n) is 4.66. The second-order valence-corrected chi connectivity index (χ2v) is 4.66. The summed E-state index contributed by atoms with van der Waals surface area (Å²) < 4.78 is 0. The fourth-order valence-corrected chi connectivity index (χ4v) is 2.14. The number of carboxylic acid groups (broad SMARTS) is 1. The Morgan fingerprint density at radius 1 is 1.32 bits per heavy atom. The van der Waals surface area contributed by atoms with Crippen molar-refractivity contribution in [2.24, 2.45) is 0 Å². The molecule has 19 heavy (non-hydrogen) atoms. The molecule has 1 fully saturated rings. The monoisotopic (exact) mass is 264 g/mol. The molecule has 6 nitrogen and oxygen atoms in total. The fourth-order valence-electron chi connectivity index (χ4n) is 2.14. The molecule has 2 rings (SSSR count). The van der Waals surface area contributed by atoms with E-state index in [9.17, 15) is 14.7 Å². The van der Waals surface area contributed by atoms with Gasteiger partial charge in [0.05, 0.1) is 17.4 Å². The van der Waals surface area contributed by atoms with Crippen LogP contribution in [0, 0.1) is 6.92 Å². The zero-order valence-corrected chi connectivity index (χ0v) is 10.7. The Labute approximate surface area is 110 Å². The van der Waals surface area contributed by atoms with Gasteiger partial charge in [0, 0.05) is 13.1 Å². The van der Waals surface area contributed by atoms with Gasteiger partial charge in [0.2, 0.25) is 0 Å². The van der Waals surface area contributed by atoms with Crippen LogP contribution in [0.25, 0.3) is 0 Å². The number of aliphatic hydroxyl groups is 1. The molecule has 0 bridgehead atoms. The third-order valence-electron chi connectivity index (χ3n) is 3.29. The number of hydrogen-bond donors (Lipinski definition) is 2. The molecular weight excluding hydrogens is 248 g/mol. The number of amides is 1. The van der Waals surface area contributed by atoms with Crippen LogP contribution < -0.4 is 0 Å². The van der Waals surface area contributed by atoms with E-state index in [1.54, 1.807) is 11.8 Å². The minimum Gasteiger partial charge on any atom is -0.478 e. The van der Waals surface area contributed by atoms with E-state index < -0.39 is 5.97 Å². The Morgan fingerprint density at radius 3 is 2.47 bits per heavy atom. The molecule has 1 aromatic rings. The first-order chi connectivity index (χ1) is 8.99. The number of carbonyl (C=O) groups is 2. The van der Waals surface area contributed by atoms with Crippen LogP contribution in [0.1, 0.15) is 39.4 Å². The molecule has 1 amide bonds. The first-order valence-electron chi connectivity index (χ1n) is 6.17. The van der Waals surface area contributed by atoms with Crippen LogP contribution >= 0.6 is 0 Å². The summed E-state index contributed by atoms with van der Waals surface area (Å²) in [6, 6.07) is 2.83. The van der Waals surface area contributed by atoms with Crippen molar-refractivity contribution in [2.45, 2.75) is 25.9 Å². The molecule has 1 saturated heterocycles. The maximum atomic E-state index is 12.2. The van der Waals surface area contributed by atoms with Crippen molar-refractivity contribution in [1.82, 2.24) is 9.88 Å². The molecule has 1 aliphatic heterocycles. The molecule has 2 N–H and O–H groups in total. The molecule has 0 saturated carbocycles. The van der Waals surface area contributed by atoms with E-state index in [1.165, 1.54) is 12.1 Å². The Hall–Kier alpha value is -1.95. The lowest BCUT2D eigenvalue weighted by molar-refractivity contribution is 0.0539. The van der Waals surface area contributed by atoms with Crippen molar-refractivity contribution in [2.75, 3.05) is 13.1 Å². The molecule has 6 heteroatoms. The highest BCUT2D eigenvalue weighted by Gasteiger charge is 2.23. The summed E-state index contributed by atoms with van der Waals surface area (Å²) in [6.07, 6.45) is 0.795. The normalized spacial score (nSPS) is 16.4. The summed E-state index contributed by atoms with van der Waals surface area (Å²) in [5, 5.41) is 18.3. The lowest BCUT2D eigenvalue weighted by Gasteiger charge is -2.29. The van der Waals surface area contributed by atoms with Crippen LogP contribution in [0.4, 0.5) is 0 Å². The van der Waals surface area contributed by atoms with Crippen molar-refractivity contribution < 1.29 is 19.8 Å². The number of aromatic carboxylic acids is 1. The number of nitrogens with zero attached hydrogens (tertiary/aromatic N) is 2. The number of rotatable bonds is 2. The first kappa shape index (κ1) is 13.5. The van der Waals surface area contributed by atoms with Gasteiger partial charge in [0.1, 0.15) is 5.69 Å². The summed E-state index contributed by atoms with van der Waals surface area (Å²) >= 11 is 0. The summed E-state index contributed by atoms with van der Waals surface area (Å²) in [6.45, 7) is 2.57. The average molecular weight is 264 g/mol. The molecule has 0 atom stereocenters. The second kappa shape index (κ2) is 5.36. The molecule has 102 valence electrons. The topological polar surface area (TPSA) is 90.7 Å². The SMILES string of the molecule is Cc1nc(C(=O)N2CCC(O)CC2)ccc1C(=O)O. The third-order valence-corrected chi connectivity index (χ3v) is 3.29. The summed E-state index contributed by atoms with van der Waals surface area (Å²) in [5.41, 5.74) is 0.680. The van der Waals surface area contributed by atoms with Crippen LogP contribution in [0.3, 0.4) is 0 Å². The molecule has 0 spiro atoms. The minimum absolute atomic E-state index is 0.102. The van der Waals surface area contributed by atoms with E-state index in [2.05, 4.69) is 4.98 Å². The van der Waals surface area contributed by atoms with Crippen LogP contribution in [0.2, 0.25) is 0 Å². The molecule has 0 unspecified atom stereocenters. The van der Waals surface area contributed by atoms with Crippen LogP contribution in [0.5, 0.6) is 0 Å². The van der Waals surface area contributed by atoms with Gasteiger partial charge < -0.3 is 15.1 Å². The number of carboxylic acids is 1. The smallest absolute Gasteiger partial charge is 0.337 e. The molecule has 0 radical (unpaired) electrons. The number of aromatic nitrogens is 1. The minimum atomic E-state index is -1.05. The summed E-state index contributed by atoms with van der Waals surface area (Å²) in [5.74, 6) is -1.27.